The molecule has 0 unspecified atom stereocenters. The van der Waals surface area contributed by atoms with E-state index in [-0.39, 0.29) is 5.60 Å². The van der Waals surface area contributed by atoms with Gasteiger partial charge < -0.3 is 4.84 Å². The summed E-state index contributed by atoms with van der Waals surface area (Å²) in [7, 11) is 0. The van der Waals surface area contributed by atoms with E-state index in [9.17, 15) is 0 Å². The third kappa shape index (κ3) is 2.96. The van der Waals surface area contributed by atoms with E-state index in [4.69, 9.17) is 9.82 Å². The van der Waals surface area contributed by atoms with Crippen LogP contribution in [0.2, 0.25) is 0 Å². The summed E-state index contributed by atoms with van der Waals surface area (Å²) in [5.74, 6) is 1.52. The number of thioether (sulfide) groups is 1. The summed E-state index contributed by atoms with van der Waals surface area (Å²) in [6, 6.07) is 2.26. The fourth-order valence-corrected chi connectivity index (χ4v) is 4.24. The van der Waals surface area contributed by atoms with Gasteiger partial charge in [-0.05, 0) is 43.4 Å². The molecule has 1 spiro atoms. The Morgan fingerprint density at radius 1 is 1.33 bits per heavy atom. The predicted octanol–water partition coefficient (Wildman–Crippen LogP) is 4.75. The largest absolute Gasteiger partial charge is 0.389 e. The minimum atomic E-state index is 0.00408. The van der Waals surface area contributed by atoms with Crippen LogP contribution in [-0.2, 0) is 4.84 Å². The highest BCUT2D eigenvalue weighted by molar-refractivity contribution is 7.99. The fourth-order valence-electron chi connectivity index (χ4n) is 3.28. The van der Waals surface area contributed by atoms with Crippen LogP contribution in [0, 0.1) is 0 Å². The molecule has 1 saturated carbocycles. The van der Waals surface area contributed by atoms with Crippen molar-refractivity contribution in [2.75, 3.05) is 5.75 Å². The lowest BCUT2D eigenvalue weighted by Gasteiger charge is -2.19. The van der Waals surface area contributed by atoms with Crippen LogP contribution in [0.25, 0.3) is 0 Å². The minimum absolute atomic E-state index is 0.00408. The van der Waals surface area contributed by atoms with Crippen LogP contribution in [0.15, 0.2) is 22.3 Å². The molecule has 1 fully saturated rings. The molecule has 1 aliphatic carbocycles. The SMILES string of the molecule is CCSc1cc(C2=NOC3(CCCC3)C2)cnc1C(C)C. The zero-order valence-electron chi connectivity index (χ0n) is 13.2. The molecule has 4 heteroatoms. The second kappa shape index (κ2) is 5.99. The van der Waals surface area contributed by atoms with Gasteiger partial charge >= 0.3 is 0 Å². The van der Waals surface area contributed by atoms with E-state index in [1.165, 1.54) is 23.4 Å². The van der Waals surface area contributed by atoms with Gasteiger partial charge in [-0.2, -0.15) is 0 Å². The van der Waals surface area contributed by atoms with E-state index < -0.39 is 0 Å². The maximum atomic E-state index is 5.80. The summed E-state index contributed by atoms with van der Waals surface area (Å²) in [6.45, 7) is 6.59. The first-order valence-electron chi connectivity index (χ1n) is 8.02. The molecule has 0 saturated heterocycles. The van der Waals surface area contributed by atoms with Crippen LogP contribution in [0.1, 0.15) is 70.1 Å². The Balaban J connectivity index is 1.84. The standard InChI is InChI=1S/C17H24N2OS/c1-4-21-15-9-13(11-18-16(15)12(2)3)14-10-17(20-19-14)7-5-6-8-17/h9,11-12H,4-8,10H2,1-3H3. The molecular weight excluding hydrogens is 280 g/mol. The first kappa shape index (κ1) is 14.9. The number of rotatable bonds is 4. The van der Waals surface area contributed by atoms with Crippen molar-refractivity contribution in [3.05, 3.63) is 23.5 Å². The van der Waals surface area contributed by atoms with Gasteiger partial charge in [-0.15, -0.1) is 11.8 Å². The Kier molecular flexibility index (Phi) is 4.25. The molecule has 0 atom stereocenters. The first-order valence-corrected chi connectivity index (χ1v) is 9.00. The number of pyridine rings is 1. The molecule has 0 N–H and O–H groups in total. The molecule has 21 heavy (non-hydrogen) atoms. The van der Waals surface area contributed by atoms with Crippen molar-refractivity contribution in [3.63, 3.8) is 0 Å². The van der Waals surface area contributed by atoms with Gasteiger partial charge in [-0.1, -0.05) is 25.9 Å². The van der Waals surface area contributed by atoms with Gasteiger partial charge in [-0.3, -0.25) is 4.98 Å². The van der Waals surface area contributed by atoms with E-state index in [1.807, 2.05) is 18.0 Å². The number of hydrogen-bond donors (Lipinski definition) is 0. The third-order valence-electron chi connectivity index (χ3n) is 4.42. The van der Waals surface area contributed by atoms with Crippen molar-refractivity contribution < 1.29 is 4.84 Å². The van der Waals surface area contributed by atoms with Crippen LogP contribution < -0.4 is 0 Å². The average Bonchev–Trinajstić information content (AvgIpc) is 3.10. The molecule has 2 heterocycles. The molecule has 0 bridgehead atoms. The quantitative estimate of drug-likeness (QED) is 0.753. The number of hydrogen-bond acceptors (Lipinski definition) is 4. The van der Waals surface area contributed by atoms with Gasteiger partial charge in [0.25, 0.3) is 0 Å². The number of oxime groups is 1. The summed E-state index contributed by atoms with van der Waals surface area (Å²) in [5, 5.41) is 4.38. The predicted molar refractivity (Wildman–Crippen MR) is 88.2 cm³/mol. The van der Waals surface area contributed by atoms with E-state index in [0.29, 0.717) is 5.92 Å². The van der Waals surface area contributed by atoms with E-state index >= 15 is 0 Å². The Hall–Kier alpha value is -1.03. The summed E-state index contributed by atoms with van der Waals surface area (Å²) >= 11 is 1.87. The zero-order valence-corrected chi connectivity index (χ0v) is 14.0. The molecule has 1 aromatic rings. The molecule has 0 radical (unpaired) electrons. The van der Waals surface area contributed by atoms with Gasteiger partial charge in [-0.25, -0.2) is 0 Å². The van der Waals surface area contributed by atoms with Gasteiger partial charge in [0.1, 0.15) is 5.60 Å². The maximum Gasteiger partial charge on any atom is 0.143 e. The van der Waals surface area contributed by atoms with Crippen LogP contribution >= 0.6 is 11.8 Å². The Labute approximate surface area is 131 Å². The van der Waals surface area contributed by atoms with Gasteiger partial charge in [0.2, 0.25) is 0 Å². The Bertz CT molecular complexity index is 548. The number of nitrogens with zero attached hydrogens (tertiary/aromatic N) is 2. The van der Waals surface area contributed by atoms with E-state index in [0.717, 1.165) is 36.3 Å². The van der Waals surface area contributed by atoms with Crippen molar-refractivity contribution in [2.24, 2.45) is 5.16 Å². The number of aromatic nitrogens is 1. The molecule has 0 aromatic carbocycles. The topological polar surface area (TPSA) is 34.5 Å². The van der Waals surface area contributed by atoms with Crippen LogP contribution in [-0.4, -0.2) is 22.0 Å². The van der Waals surface area contributed by atoms with Crippen molar-refractivity contribution in [3.8, 4) is 0 Å². The lowest BCUT2D eigenvalue weighted by atomic mass is 9.93. The minimum Gasteiger partial charge on any atom is -0.389 e. The van der Waals surface area contributed by atoms with Crippen molar-refractivity contribution in [1.29, 1.82) is 0 Å². The third-order valence-corrected chi connectivity index (χ3v) is 5.34. The Morgan fingerprint density at radius 2 is 2.10 bits per heavy atom. The lowest BCUT2D eigenvalue weighted by molar-refractivity contribution is -0.0126. The second-order valence-electron chi connectivity index (χ2n) is 6.39. The summed E-state index contributed by atoms with van der Waals surface area (Å²) in [4.78, 5) is 11.8. The van der Waals surface area contributed by atoms with Gasteiger partial charge in [0, 0.05) is 23.1 Å². The normalized spacial score (nSPS) is 20.1. The fraction of sp³-hybridized carbons (Fsp3) is 0.647. The zero-order chi connectivity index (χ0) is 14.9. The van der Waals surface area contributed by atoms with Crippen molar-refractivity contribution >= 4 is 17.5 Å². The van der Waals surface area contributed by atoms with Crippen LogP contribution in [0.5, 0.6) is 0 Å². The highest BCUT2D eigenvalue weighted by Crippen LogP contribution is 2.41. The average molecular weight is 304 g/mol. The van der Waals surface area contributed by atoms with Crippen molar-refractivity contribution in [1.82, 2.24) is 4.98 Å². The molecule has 2 aliphatic rings. The highest BCUT2D eigenvalue weighted by Gasteiger charge is 2.42. The highest BCUT2D eigenvalue weighted by atomic mass is 32.2. The molecular formula is C17H24N2OS. The van der Waals surface area contributed by atoms with E-state index in [2.05, 4.69) is 32.0 Å². The summed E-state index contributed by atoms with van der Waals surface area (Å²) in [6.07, 6.45) is 7.76. The van der Waals surface area contributed by atoms with Gasteiger partial charge in [0.05, 0.1) is 11.4 Å². The second-order valence-corrected chi connectivity index (χ2v) is 7.70. The molecule has 3 nitrogen and oxygen atoms in total. The smallest absolute Gasteiger partial charge is 0.143 e. The Morgan fingerprint density at radius 3 is 2.76 bits per heavy atom. The summed E-state index contributed by atoms with van der Waals surface area (Å²) in [5.41, 5.74) is 3.42. The maximum absolute atomic E-state index is 5.80. The molecule has 1 aliphatic heterocycles. The van der Waals surface area contributed by atoms with Gasteiger partial charge in [0.15, 0.2) is 0 Å². The van der Waals surface area contributed by atoms with Crippen molar-refractivity contribution in [2.45, 2.75) is 69.3 Å². The summed E-state index contributed by atoms with van der Waals surface area (Å²) < 4.78 is 0. The molecule has 0 amide bonds. The molecule has 1 aromatic heterocycles. The molecule has 3 rings (SSSR count). The van der Waals surface area contributed by atoms with Crippen LogP contribution in [0.4, 0.5) is 0 Å². The van der Waals surface area contributed by atoms with E-state index in [1.54, 1.807) is 0 Å². The lowest BCUT2D eigenvalue weighted by Crippen LogP contribution is -2.24. The first-order chi connectivity index (χ1) is 10.1. The monoisotopic (exact) mass is 304 g/mol. The molecule has 114 valence electrons. The van der Waals surface area contributed by atoms with Crippen LogP contribution in [0.3, 0.4) is 0 Å².